The number of nitrogens with one attached hydrogen (secondary N) is 1. The summed E-state index contributed by atoms with van der Waals surface area (Å²) in [5.74, 6) is 0.565. The van der Waals surface area contributed by atoms with Gasteiger partial charge in [-0.1, -0.05) is 46.3 Å². The number of benzene rings is 2. The average molecular weight is 451 g/mol. The summed E-state index contributed by atoms with van der Waals surface area (Å²) in [6, 6.07) is 15.2. The second kappa shape index (κ2) is 7.13. The molecule has 3 aliphatic carbocycles. The summed E-state index contributed by atoms with van der Waals surface area (Å²) in [5.41, 5.74) is 2.11. The topological polar surface area (TPSA) is 62.2 Å². The molecule has 29 heavy (non-hydrogen) atoms. The van der Waals surface area contributed by atoms with Crippen LogP contribution in [0.25, 0.3) is 22.2 Å². The fraction of sp³-hybridized carbons (Fsp3) is 0.333. The van der Waals surface area contributed by atoms with Crippen LogP contribution in [0.3, 0.4) is 0 Å². The number of carbonyl (C=O) groups excluding carboxylic acids is 1. The van der Waals surface area contributed by atoms with Crippen molar-refractivity contribution < 1.29 is 9.90 Å². The zero-order valence-corrected chi connectivity index (χ0v) is 17.7. The van der Waals surface area contributed by atoms with Gasteiger partial charge in [0.25, 0.3) is 5.91 Å². The van der Waals surface area contributed by atoms with Gasteiger partial charge in [0.15, 0.2) is 5.75 Å². The smallest absolute Gasteiger partial charge is 0.256 e. The molecular weight excluding hydrogens is 428 g/mol. The second-order valence-corrected chi connectivity index (χ2v) is 9.34. The summed E-state index contributed by atoms with van der Waals surface area (Å²) in [4.78, 5) is 18.2. The molecule has 3 aliphatic rings. The molecule has 0 radical (unpaired) electrons. The Morgan fingerprint density at radius 3 is 2.45 bits per heavy atom. The number of carbonyl (C=O) groups is 1. The van der Waals surface area contributed by atoms with E-state index < -0.39 is 0 Å². The van der Waals surface area contributed by atoms with Crippen molar-refractivity contribution in [3.05, 3.63) is 58.6 Å². The van der Waals surface area contributed by atoms with Crippen LogP contribution in [0.4, 0.5) is 0 Å². The molecule has 2 aromatic carbocycles. The number of aromatic hydroxyl groups is 1. The summed E-state index contributed by atoms with van der Waals surface area (Å²) in [6.45, 7) is 0. The van der Waals surface area contributed by atoms with Crippen molar-refractivity contribution in [1.82, 2.24) is 10.3 Å². The maximum atomic E-state index is 13.5. The Labute approximate surface area is 178 Å². The normalized spacial score (nSPS) is 23.3. The minimum atomic E-state index is -0.203. The van der Waals surface area contributed by atoms with E-state index >= 15 is 0 Å². The Morgan fingerprint density at radius 2 is 1.76 bits per heavy atom. The van der Waals surface area contributed by atoms with Crippen LogP contribution in [-0.4, -0.2) is 21.5 Å². The molecule has 1 amide bonds. The fourth-order valence-electron chi connectivity index (χ4n) is 4.99. The number of aromatic nitrogens is 1. The first-order chi connectivity index (χ1) is 14.0. The third-order valence-corrected chi connectivity index (χ3v) is 7.16. The molecule has 5 heteroatoms. The van der Waals surface area contributed by atoms with Crippen molar-refractivity contribution in [2.45, 2.75) is 44.1 Å². The van der Waals surface area contributed by atoms with E-state index in [1.54, 1.807) is 0 Å². The van der Waals surface area contributed by atoms with E-state index in [1.807, 2.05) is 48.5 Å². The predicted molar refractivity (Wildman–Crippen MR) is 118 cm³/mol. The third-order valence-electron chi connectivity index (χ3n) is 6.67. The van der Waals surface area contributed by atoms with E-state index in [1.165, 1.54) is 19.3 Å². The Morgan fingerprint density at radius 1 is 1.07 bits per heavy atom. The monoisotopic (exact) mass is 450 g/mol. The molecule has 4 nitrogen and oxygen atoms in total. The van der Waals surface area contributed by atoms with Gasteiger partial charge >= 0.3 is 0 Å². The number of hydrogen-bond donors (Lipinski definition) is 2. The highest BCUT2D eigenvalue weighted by Gasteiger charge is 2.42. The molecule has 0 unspecified atom stereocenters. The molecule has 0 atom stereocenters. The van der Waals surface area contributed by atoms with Crippen molar-refractivity contribution in [3.63, 3.8) is 0 Å². The first kappa shape index (κ1) is 18.6. The maximum absolute atomic E-state index is 13.5. The van der Waals surface area contributed by atoms with Gasteiger partial charge in [0, 0.05) is 21.0 Å². The van der Waals surface area contributed by atoms with Crippen molar-refractivity contribution >= 4 is 32.7 Å². The lowest BCUT2D eigenvalue weighted by Gasteiger charge is -2.47. The van der Waals surface area contributed by atoms with Crippen LogP contribution < -0.4 is 5.32 Å². The minimum Gasteiger partial charge on any atom is -0.505 e. The quantitative estimate of drug-likeness (QED) is 0.527. The standard InChI is InChI=1S/C24H23BrN2O2/c25-17-6-7-19-18(14-17)20(22(28)21(26-19)16-4-2-1-3-5-16)23(29)27-24-11-8-15(9-12-24)10-13-24/h1-7,14-15,28H,8-13H2,(H,27,29). The predicted octanol–water partition coefficient (Wildman–Crippen LogP) is 5.82. The van der Waals surface area contributed by atoms with Gasteiger partial charge in [-0.3, -0.25) is 4.79 Å². The van der Waals surface area contributed by atoms with E-state index in [0.717, 1.165) is 35.2 Å². The SMILES string of the molecule is O=C(NC12CCC(CC1)CC2)c1c(O)c(-c2ccccc2)nc2ccc(Br)cc12. The van der Waals surface area contributed by atoms with Crippen LogP contribution in [0.2, 0.25) is 0 Å². The molecule has 2 bridgehead atoms. The molecule has 1 heterocycles. The van der Waals surface area contributed by atoms with Crippen LogP contribution >= 0.6 is 15.9 Å². The number of fused-ring (bicyclic) bond motifs is 4. The Bertz CT molecular complexity index is 1080. The molecule has 148 valence electrons. The van der Waals surface area contributed by atoms with E-state index in [4.69, 9.17) is 0 Å². The lowest BCUT2D eigenvalue weighted by Crippen LogP contribution is -2.53. The van der Waals surface area contributed by atoms with Crippen molar-refractivity contribution in [2.24, 2.45) is 5.92 Å². The first-order valence-electron chi connectivity index (χ1n) is 10.2. The van der Waals surface area contributed by atoms with Gasteiger partial charge in [0.05, 0.1) is 11.1 Å². The van der Waals surface area contributed by atoms with Crippen LogP contribution in [0.1, 0.15) is 48.9 Å². The van der Waals surface area contributed by atoms with Crippen LogP contribution in [0.5, 0.6) is 5.75 Å². The lowest BCUT2D eigenvalue weighted by atomic mass is 9.66. The summed E-state index contributed by atoms with van der Waals surface area (Å²) in [6.07, 6.45) is 6.64. The van der Waals surface area contributed by atoms with E-state index in [9.17, 15) is 9.90 Å². The Kier molecular flexibility index (Phi) is 4.58. The highest BCUT2D eigenvalue weighted by atomic mass is 79.9. The molecule has 2 N–H and O–H groups in total. The average Bonchev–Trinajstić information content (AvgIpc) is 2.75. The van der Waals surface area contributed by atoms with Gasteiger partial charge in [-0.25, -0.2) is 4.98 Å². The number of hydrogen-bond acceptors (Lipinski definition) is 3. The third kappa shape index (κ3) is 3.31. The number of halogens is 1. The zero-order valence-electron chi connectivity index (χ0n) is 16.1. The summed E-state index contributed by atoms with van der Waals surface area (Å²) < 4.78 is 0.851. The number of rotatable bonds is 3. The number of pyridine rings is 1. The second-order valence-electron chi connectivity index (χ2n) is 8.43. The Balaban J connectivity index is 1.64. The van der Waals surface area contributed by atoms with Crippen LogP contribution in [-0.2, 0) is 0 Å². The molecule has 3 fully saturated rings. The summed E-state index contributed by atoms with van der Waals surface area (Å²) >= 11 is 3.49. The molecule has 6 rings (SSSR count). The minimum absolute atomic E-state index is 0.0554. The molecule has 0 saturated heterocycles. The largest absolute Gasteiger partial charge is 0.505 e. The molecular formula is C24H23BrN2O2. The van der Waals surface area contributed by atoms with Crippen LogP contribution in [0, 0.1) is 5.92 Å². The van der Waals surface area contributed by atoms with Gasteiger partial charge in [-0.15, -0.1) is 0 Å². The molecule has 0 aliphatic heterocycles. The molecule has 0 spiro atoms. The van der Waals surface area contributed by atoms with Gasteiger partial charge in [-0.2, -0.15) is 0 Å². The lowest BCUT2D eigenvalue weighted by molar-refractivity contribution is 0.0713. The Hall–Kier alpha value is -2.40. The van der Waals surface area contributed by atoms with E-state index in [2.05, 4.69) is 26.2 Å². The highest BCUT2D eigenvalue weighted by molar-refractivity contribution is 9.10. The fourth-order valence-corrected chi connectivity index (χ4v) is 5.35. The zero-order chi connectivity index (χ0) is 20.0. The number of nitrogens with zero attached hydrogens (tertiary/aromatic N) is 1. The first-order valence-corrected chi connectivity index (χ1v) is 11.0. The van der Waals surface area contributed by atoms with Gasteiger partial charge < -0.3 is 10.4 Å². The van der Waals surface area contributed by atoms with Gasteiger partial charge in [0.1, 0.15) is 5.69 Å². The molecule has 3 aromatic rings. The highest BCUT2D eigenvalue weighted by Crippen LogP contribution is 2.45. The molecule has 3 saturated carbocycles. The van der Waals surface area contributed by atoms with Crippen LogP contribution in [0.15, 0.2) is 53.0 Å². The van der Waals surface area contributed by atoms with E-state index in [-0.39, 0.29) is 17.2 Å². The summed E-state index contributed by atoms with van der Waals surface area (Å²) in [5, 5.41) is 15.1. The molecule has 1 aromatic heterocycles. The van der Waals surface area contributed by atoms with E-state index in [0.29, 0.717) is 22.2 Å². The summed E-state index contributed by atoms with van der Waals surface area (Å²) in [7, 11) is 0. The van der Waals surface area contributed by atoms with Crippen molar-refractivity contribution in [1.29, 1.82) is 0 Å². The van der Waals surface area contributed by atoms with Gasteiger partial charge in [-0.05, 0) is 62.6 Å². The van der Waals surface area contributed by atoms with Crippen molar-refractivity contribution in [3.8, 4) is 17.0 Å². The maximum Gasteiger partial charge on any atom is 0.256 e. The number of amides is 1. The van der Waals surface area contributed by atoms with Crippen molar-refractivity contribution in [2.75, 3.05) is 0 Å². The van der Waals surface area contributed by atoms with Gasteiger partial charge in [0.2, 0.25) is 0 Å².